The molecular weight excluding hydrogens is 382 g/mol. The molecule has 2 aliphatic rings. The van der Waals surface area contributed by atoms with E-state index in [1.165, 1.54) is 0 Å². The van der Waals surface area contributed by atoms with Gasteiger partial charge >= 0.3 is 10.4 Å². The molecule has 0 aromatic heterocycles. The van der Waals surface area contributed by atoms with Gasteiger partial charge in [0.15, 0.2) is 6.29 Å². The molecule has 10 nitrogen and oxygen atoms in total. The molecule has 0 saturated carbocycles. The van der Waals surface area contributed by atoms with E-state index < -0.39 is 47.2 Å². The SMILES string of the molecule is O=S(=O)(O)O[C@@H]1COC(c2ccccc2)O[C@H]1CN1C[C@@H](O)[C@H](O)[C@@H](O)C1. The molecular formula is C16H23NO9S. The van der Waals surface area contributed by atoms with Gasteiger partial charge in [0.1, 0.15) is 18.3 Å². The van der Waals surface area contributed by atoms with Crippen LogP contribution in [-0.2, 0) is 24.1 Å². The van der Waals surface area contributed by atoms with Gasteiger partial charge in [-0.25, -0.2) is 4.18 Å². The molecule has 27 heavy (non-hydrogen) atoms. The van der Waals surface area contributed by atoms with Crippen molar-refractivity contribution in [3.63, 3.8) is 0 Å². The number of aliphatic hydroxyl groups excluding tert-OH is 3. The predicted molar refractivity (Wildman–Crippen MR) is 90.9 cm³/mol. The maximum atomic E-state index is 11.1. The third kappa shape index (κ3) is 5.44. The van der Waals surface area contributed by atoms with Gasteiger partial charge in [0.25, 0.3) is 0 Å². The Morgan fingerprint density at radius 2 is 1.74 bits per heavy atom. The molecule has 6 atom stereocenters. The molecule has 1 unspecified atom stereocenters. The molecule has 0 amide bonds. The Hall–Kier alpha value is -1.15. The van der Waals surface area contributed by atoms with Crippen LogP contribution in [0.4, 0.5) is 0 Å². The van der Waals surface area contributed by atoms with Gasteiger partial charge in [-0.05, 0) is 0 Å². The van der Waals surface area contributed by atoms with E-state index in [2.05, 4.69) is 4.18 Å². The predicted octanol–water partition coefficient (Wildman–Crippen LogP) is -1.31. The van der Waals surface area contributed by atoms with E-state index in [-0.39, 0.29) is 26.2 Å². The number of ether oxygens (including phenoxy) is 2. The monoisotopic (exact) mass is 405 g/mol. The lowest BCUT2D eigenvalue weighted by Gasteiger charge is -2.41. The van der Waals surface area contributed by atoms with Gasteiger partial charge in [-0.1, -0.05) is 30.3 Å². The van der Waals surface area contributed by atoms with Gasteiger partial charge < -0.3 is 24.8 Å². The number of aliphatic hydroxyl groups is 3. The summed E-state index contributed by atoms with van der Waals surface area (Å²) in [6.07, 6.45) is -6.26. The van der Waals surface area contributed by atoms with E-state index in [1.807, 2.05) is 6.07 Å². The molecule has 2 fully saturated rings. The number of likely N-dealkylation sites (tertiary alicyclic amines) is 1. The lowest BCUT2D eigenvalue weighted by molar-refractivity contribution is -0.256. The van der Waals surface area contributed by atoms with Gasteiger partial charge in [-0.2, -0.15) is 8.42 Å². The fourth-order valence-corrected chi connectivity index (χ4v) is 3.74. The third-order valence-electron chi connectivity index (χ3n) is 4.56. The van der Waals surface area contributed by atoms with Crippen molar-refractivity contribution in [2.75, 3.05) is 26.2 Å². The van der Waals surface area contributed by atoms with Crippen LogP contribution in [0.3, 0.4) is 0 Å². The summed E-state index contributed by atoms with van der Waals surface area (Å²) in [5.74, 6) is 0. The summed E-state index contributed by atoms with van der Waals surface area (Å²) in [6, 6.07) is 9.01. The Labute approximate surface area is 156 Å². The second-order valence-electron chi connectivity index (χ2n) is 6.66. The maximum Gasteiger partial charge on any atom is 0.397 e. The molecule has 2 heterocycles. The van der Waals surface area contributed by atoms with Crippen LogP contribution in [0.15, 0.2) is 30.3 Å². The molecule has 0 aliphatic carbocycles. The Kier molecular flexibility index (Phi) is 6.46. The molecule has 4 N–H and O–H groups in total. The van der Waals surface area contributed by atoms with Crippen LogP contribution in [0.1, 0.15) is 11.9 Å². The second kappa shape index (κ2) is 8.47. The highest BCUT2D eigenvalue weighted by Gasteiger charge is 2.40. The van der Waals surface area contributed by atoms with Gasteiger partial charge in [0.2, 0.25) is 0 Å². The summed E-state index contributed by atoms with van der Waals surface area (Å²) >= 11 is 0. The Morgan fingerprint density at radius 1 is 1.11 bits per heavy atom. The molecule has 2 aliphatic heterocycles. The van der Waals surface area contributed by atoms with Crippen LogP contribution in [0.25, 0.3) is 0 Å². The van der Waals surface area contributed by atoms with Crippen molar-refractivity contribution in [2.24, 2.45) is 0 Å². The van der Waals surface area contributed by atoms with E-state index in [9.17, 15) is 23.7 Å². The van der Waals surface area contributed by atoms with Crippen molar-refractivity contribution < 1.29 is 41.9 Å². The Morgan fingerprint density at radius 3 is 2.33 bits per heavy atom. The van der Waals surface area contributed by atoms with E-state index in [0.717, 1.165) is 5.56 Å². The minimum Gasteiger partial charge on any atom is -0.389 e. The third-order valence-corrected chi connectivity index (χ3v) is 5.05. The maximum absolute atomic E-state index is 11.1. The zero-order chi connectivity index (χ0) is 19.6. The van der Waals surface area contributed by atoms with E-state index in [0.29, 0.717) is 0 Å². The Balaban J connectivity index is 1.73. The van der Waals surface area contributed by atoms with Crippen molar-refractivity contribution in [2.45, 2.75) is 36.8 Å². The summed E-state index contributed by atoms with van der Waals surface area (Å²) in [5.41, 5.74) is 0.724. The van der Waals surface area contributed by atoms with Crippen LogP contribution in [0.2, 0.25) is 0 Å². The average molecular weight is 405 g/mol. The molecule has 0 bridgehead atoms. The van der Waals surface area contributed by atoms with Gasteiger partial charge in [-0.3, -0.25) is 9.45 Å². The summed E-state index contributed by atoms with van der Waals surface area (Å²) < 4.78 is 47.3. The Bertz CT molecular complexity index is 704. The fraction of sp³-hybridized carbons (Fsp3) is 0.625. The number of β-amino-alcohol motifs (C(OH)–C–C–N with tert-alkyl or cyclic N) is 2. The topological polar surface area (TPSA) is 146 Å². The van der Waals surface area contributed by atoms with Crippen molar-refractivity contribution in [1.29, 1.82) is 0 Å². The normalized spacial score (nSPS) is 35.9. The molecule has 0 spiro atoms. The van der Waals surface area contributed by atoms with Gasteiger partial charge in [0, 0.05) is 25.2 Å². The minimum absolute atomic E-state index is 0.0630. The van der Waals surface area contributed by atoms with E-state index in [1.54, 1.807) is 29.2 Å². The average Bonchev–Trinajstić information content (AvgIpc) is 2.60. The van der Waals surface area contributed by atoms with Crippen molar-refractivity contribution >= 4 is 10.4 Å². The minimum atomic E-state index is -4.73. The van der Waals surface area contributed by atoms with Crippen molar-refractivity contribution in [3.8, 4) is 0 Å². The molecule has 0 radical (unpaired) electrons. The first-order chi connectivity index (χ1) is 12.7. The molecule has 1 aromatic rings. The molecule has 3 rings (SSSR count). The zero-order valence-corrected chi connectivity index (χ0v) is 15.2. The van der Waals surface area contributed by atoms with E-state index in [4.69, 9.17) is 14.0 Å². The summed E-state index contributed by atoms with van der Waals surface area (Å²) in [4.78, 5) is 1.63. The van der Waals surface area contributed by atoms with Gasteiger partial charge in [-0.15, -0.1) is 0 Å². The number of hydrogen-bond acceptors (Lipinski definition) is 9. The molecule has 152 valence electrons. The zero-order valence-electron chi connectivity index (χ0n) is 14.4. The lowest BCUT2D eigenvalue weighted by atomic mass is 10.0. The molecule has 1 aromatic carbocycles. The number of nitrogens with zero attached hydrogens (tertiary/aromatic N) is 1. The quantitative estimate of drug-likeness (QED) is 0.435. The highest BCUT2D eigenvalue weighted by atomic mass is 32.3. The van der Waals surface area contributed by atoms with Crippen LogP contribution in [0, 0.1) is 0 Å². The number of piperidine rings is 1. The summed E-state index contributed by atoms with van der Waals surface area (Å²) in [6.45, 7) is 0.0698. The highest BCUT2D eigenvalue weighted by Crippen LogP contribution is 2.29. The molecule has 2 saturated heterocycles. The number of hydrogen-bond donors (Lipinski definition) is 4. The van der Waals surface area contributed by atoms with Crippen LogP contribution >= 0.6 is 0 Å². The molecule has 11 heteroatoms. The number of benzene rings is 1. The smallest absolute Gasteiger partial charge is 0.389 e. The first kappa shape index (κ1) is 20.6. The van der Waals surface area contributed by atoms with E-state index >= 15 is 0 Å². The first-order valence-electron chi connectivity index (χ1n) is 8.47. The van der Waals surface area contributed by atoms with Crippen molar-refractivity contribution in [1.82, 2.24) is 4.90 Å². The van der Waals surface area contributed by atoms with Crippen LogP contribution in [-0.4, -0.2) is 90.0 Å². The highest BCUT2D eigenvalue weighted by molar-refractivity contribution is 7.80. The van der Waals surface area contributed by atoms with Crippen molar-refractivity contribution in [3.05, 3.63) is 35.9 Å². The summed E-state index contributed by atoms with van der Waals surface area (Å²) in [7, 11) is -4.73. The largest absolute Gasteiger partial charge is 0.397 e. The second-order valence-corrected chi connectivity index (χ2v) is 7.70. The first-order valence-corrected chi connectivity index (χ1v) is 9.83. The standard InChI is InChI=1S/C16H23NO9S/c18-11-6-17(7-12(19)15(11)20)8-13-14(26-27(21,22)23)9-24-16(25-13)10-4-2-1-3-5-10/h1-5,11-16,18-20H,6-9H2,(H,21,22,23)/t11-,12+,13-,14+,15+,16?/m0/s1. The lowest BCUT2D eigenvalue weighted by Crippen LogP contribution is -2.58. The van der Waals surface area contributed by atoms with Gasteiger partial charge in [0.05, 0.1) is 18.8 Å². The number of rotatable bonds is 5. The summed E-state index contributed by atoms with van der Waals surface area (Å²) in [5, 5.41) is 29.3. The van der Waals surface area contributed by atoms with Crippen LogP contribution in [0.5, 0.6) is 0 Å². The fourth-order valence-electron chi connectivity index (χ4n) is 3.25. The van der Waals surface area contributed by atoms with Crippen LogP contribution < -0.4 is 0 Å².